The minimum absolute atomic E-state index is 0.000363. The first-order valence-electron chi connectivity index (χ1n) is 5.81. The van der Waals surface area contributed by atoms with Gasteiger partial charge in [0.1, 0.15) is 0 Å². The first-order chi connectivity index (χ1) is 8.68. The van der Waals surface area contributed by atoms with Gasteiger partial charge in [0.05, 0.1) is 21.8 Å². The Kier molecular flexibility index (Phi) is 3.54. The van der Waals surface area contributed by atoms with Gasteiger partial charge in [-0.15, -0.1) is 0 Å². The van der Waals surface area contributed by atoms with Crippen molar-refractivity contribution in [2.75, 3.05) is 6.61 Å². The summed E-state index contributed by atoms with van der Waals surface area (Å²) in [7, 11) is 0. The maximum Gasteiger partial charge on any atom is 0.150 e. The van der Waals surface area contributed by atoms with Crippen molar-refractivity contribution in [3.63, 3.8) is 0 Å². The van der Waals surface area contributed by atoms with E-state index in [1.165, 1.54) is 0 Å². The second kappa shape index (κ2) is 5.00. The van der Waals surface area contributed by atoms with Gasteiger partial charge < -0.3 is 4.74 Å². The summed E-state index contributed by atoms with van der Waals surface area (Å²) in [6, 6.07) is 1.84. The molecule has 96 valence electrons. The molecule has 1 fully saturated rings. The molecular formula is C12H11BrCl2N2O. The smallest absolute Gasteiger partial charge is 0.150 e. The van der Waals surface area contributed by atoms with E-state index < -0.39 is 0 Å². The topological polar surface area (TPSA) is 27.1 Å². The summed E-state index contributed by atoms with van der Waals surface area (Å²) in [4.78, 5) is 0. The molecule has 1 atom stereocenters. The lowest BCUT2D eigenvalue weighted by atomic mass is 10.2. The Morgan fingerprint density at radius 1 is 1.39 bits per heavy atom. The maximum atomic E-state index is 6.12. The zero-order valence-corrected chi connectivity index (χ0v) is 12.6. The van der Waals surface area contributed by atoms with Gasteiger partial charge in [-0.1, -0.05) is 23.2 Å². The van der Waals surface area contributed by atoms with E-state index in [4.69, 9.17) is 27.9 Å². The summed E-state index contributed by atoms with van der Waals surface area (Å²) in [5.41, 5.74) is 0.947. The van der Waals surface area contributed by atoms with E-state index in [0.717, 1.165) is 41.2 Å². The van der Waals surface area contributed by atoms with Crippen LogP contribution in [-0.2, 0) is 4.74 Å². The molecule has 0 bridgehead atoms. The summed E-state index contributed by atoms with van der Waals surface area (Å²) < 4.78 is 8.43. The molecule has 18 heavy (non-hydrogen) atoms. The van der Waals surface area contributed by atoms with Crippen LogP contribution in [0.15, 0.2) is 16.7 Å². The third-order valence-electron chi connectivity index (χ3n) is 3.16. The SMILES string of the molecule is Clc1cc2c(cnn2C2CCCCO2)c(Br)c1Cl. The molecule has 1 saturated heterocycles. The molecule has 1 aromatic heterocycles. The predicted octanol–water partition coefficient (Wildman–Crippen LogP) is 4.80. The minimum Gasteiger partial charge on any atom is -0.356 e. The van der Waals surface area contributed by atoms with Gasteiger partial charge in [0.15, 0.2) is 6.23 Å². The Labute approximate surface area is 123 Å². The first kappa shape index (κ1) is 12.7. The Morgan fingerprint density at radius 3 is 2.94 bits per heavy atom. The number of hydrogen-bond acceptors (Lipinski definition) is 2. The number of ether oxygens (including phenoxy) is 1. The van der Waals surface area contributed by atoms with Crippen LogP contribution < -0.4 is 0 Å². The molecule has 0 saturated carbocycles. The average molecular weight is 350 g/mol. The van der Waals surface area contributed by atoms with Crippen LogP contribution in [0.5, 0.6) is 0 Å². The third-order valence-corrected chi connectivity index (χ3v) is 5.00. The lowest BCUT2D eigenvalue weighted by molar-refractivity contribution is -0.0366. The van der Waals surface area contributed by atoms with E-state index in [9.17, 15) is 0 Å². The van der Waals surface area contributed by atoms with Crippen molar-refractivity contribution in [3.05, 3.63) is 26.8 Å². The highest BCUT2D eigenvalue weighted by molar-refractivity contribution is 9.10. The van der Waals surface area contributed by atoms with Gasteiger partial charge in [-0.05, 0) is 41.3 Å². The number of hydrogen-bond donors (Lipinski definition) is 0. The quantitative estimate of drug-likeness (QED) is 0.691. The number of rotatable bonds is 1. The van der Waals surface area contributed by atoms with Gasteiger partial charge >= 0.3 is 0 Å². The molecular weight excluding hydrogens is 339 g/mol. The molecule has 2 aromatic rings. The van der Waals surface area contributed by atoms with Gasteiger partial charge in [0.2, 0.25) is 0 Å². The van der Waals surface area contributed by atoms with Crippen molar-refractivity contribution in [3.8, 4) is 0 Å². The Hall–Kier alpha value is -0.290. The Morgan fingerprint density at radius 2 is 2.22 bits per heavy atom. The van der Waals surface area contributed by atoms with Crippen molar-refractivity contribution < 1.29 is 4.74 Å². The zero-order chi connectivity index (χ0) is 12.7. The van der Waals surface area contributed by atoms with Crippen LogP contribution in [0.2, 0.25) is 10.0 Å². The van der Waals surface area contributed by atoms with E-state index in [0.29, 0.717) is 10.0 Å². The number of halogens is 3. The molecule has 6 heteroatoms. The molecule has 1 aliphatic heterocycles. The average Bonchev–Trinajstić information content (AvgIpc) is 2.81. The molecule has 0 amide bonds. The van der Waals surface area contributed by atoms with Crippen LogP contribution in [0.1, 0.15) is 25.5 Å². The zero-order valence-electron chi connectivity index (χ0n) is 9.50. The van der Waals surface area contributed by atoms with E-state index >= 15 is 0 Å². The van der Waals surface area contributed by atoms with Crippen LogP contribution >= 0.6 is 39.1 Å². The van der Waals surface area contributed by atoms with Crippen LogP contribution in [0.4, 0.5) is 0 Å². The fraction of sp³-hybridized carbons (Fsp3) is 0.417. The van der Waals surface area contributed by atoms with Gasteiger partial charge in [-0.2, -0.15) is 5.10 Å². The normalized spacial score (nSPS) is 20.5. The molecule has 3 rings (SSSR count). The Bertz CT molecular complexity index is 593. The molecule has 1 unspecified atom stereocenters. The molecule has 0 aliphatic carbocycles. The summed E-state index contributed by atoms with van der Waals surface area (Å²) in [6.07, 6.45) is 5.05. The minimum atomic E-state index is 0.000363. The highest BCUT2D eigenvalue weighted by Crippen LogP contribution is 2.38. The second-order valence-corrected chi connectivity index (χ2v) is 5.91. The standard InChI is InChI=1S/C12H11BrCl2N2O/c13-11-7-6-16-17(10-3-1-2-4-18-10)9(7)5-8(14)12(11)15/h5-6,10H,1-4H2. The largest absolute Gasteiger partial charge is 0.356 e. The molecule has 0 spiro atoms. The van der Waals surface area contributed by atoms with E-state index in [1.54, 1.807) is 6.20 Å². The highest BCUT2D eigenvalue weighted by atomic mass is 79.9. The third kappa shape index (κ3) is 2.05. The number of fused-ring (bicyclic) bond motifs is 1. The number of nitrogens with zero attached hydrogens (tertiary/aromatic N) is 2. The monoisotopic (exact) mass is 348 g/mol. The van der Waals surface area contributed by atoms with Crippen LogP contribution in [0.3, 0.4) is 0 Å². The molecule has 3 nitrogen and oxygen atoms in total. The van der Waals surface area contributed by atoms with Gasteiger partial charge in [0, 0.05) is 16.5 Å². The lowest BCUT2D eigenvalue weighted by Crippen LogP contribution is -2.18. The van der Waals surface area contributed by atoms with Crippen molar-refractivity contribution in [1.82, 2.24) is 9.78 Å². The maximum absolute atomic E-state index is 6.12. The van der Waals surface area contributed by atoms with Gasteiger partial charge in [-0.25, -0.2) is 4.68 Å². The molecule has 1 aromatic carbocycles. The van der Waals surface area contributed by atoms with E-state index in [-0.39, 0.29) is 6.23 Å². The molecule has 1 aliphatic rings. The number of aromatic nitrogens is 2. The van der Waals surface area contributed by atoms with Crippen LogP contribution in [-0.4, -0.2) is 16.4 Å². The second-order valence-electron chi connectivity index (χ2n) is 4.33. The highest BCUT2D eigenvalue weighted by Gasteiger charge is 2.20. The van der Waals surface area contributed by atoms with Crippen molar-refractivity contribution >= 4 is 50.0 Å². The fourth-order valence-corrected chi connectivity index (χ4v) is 3.22. The van der Waals surface area contributed by atoms with Crippen molar-refractivity contribution in [2.24, 2.45) is 0 Å². The summed E-state index contributed by atoms with van der Waals surface area (Å²) in [5.74, 6) is 0. The Balaban J connectivity index is 2.13. The molecule has 0 N–H and O–H groups in total. The summed E-state index contributed by atoms with van der Waals surface area (Å²) in [6.45, 7) is 0.786. The van der Waals surface area contributed by atoms with E-state index in [2.05, 4.69) is 21.0 Å². The van der Waals surface area contributed by atoms with E-state index in [1.807, 2.05) is 10.7 Å². The van der Waals surface area contributed by atoms with Crippen molar-refractivity contribution in [1.29, 1.82) is 0 Å². The van der Waals surface area contributed by atoms with Gasteiger partial charge in [0.25, 0.3) is 0 Å². The van der Waals surface area contributed by atoms with Crippen LogP contribution in [0.25, 0.3) is 10.9 Å². The first-order valence-corrected chi connectivity index (χ1v) is 7.35. The molecule has 0 radical (unpaired) electrons. The molecule has 2 heterocycles. The fourth-order valence-electron chi connectivity index (χ4n) is 2.24. The lowest BCUT2D eigenvalue weighted by Gasteiger charge is -2.23. The van der Waals surface area contributed by atoms with Crippen LogP contribution in [0, 0.1) is 0 Å². The summed E-state index contributed by atoms with van der Waals surface area (Å²) in [5, 5.41) is 6.41. The van der Waals surface area contributed by atoms with Gasteiger partial charge in [-0.3, -0.25) is 0 Å². The van der Waals surface area contributed by atoms with Crippen molar-refractivity contribution in [2.45, 2.75) is 25.5 Å². The predicted molar refractivity (Wildman–Crippen MR) is 76.3 cm³/mol. The summed E-state index contributed by atoms with van der Waals surface area (Å²) >= 11 is 15.7. The number of benzene rings is 1.